The second kappa shape index (κ2) is 4.65. The lowest BCUT2D eigenvalue weighted by molar-refractivity contribution is 0.266. The molecular formula is C15H20N2O. The molecule has 3 rings (SSSR count). The quantitative estimate of drug-likeness (QED) is 0.844. The fourth-order valence-electron chi connectivity index (χ4n) is 2.82. The third-order valence-corrected chi connectivity index (χ3v) is 3.93. The summed E-state index contributed by atoms with van der Waals surface area (Å²) in [7, 11) is 0. The van der Waals surface area contributed by atoms with Gasteiger partial charge in [0.15, 0.2) is 0 Å². The van der Waals surface area contributed by atoms with Gasteiger partial charge in [-0.15, -0.1) is 0 Å². The SMILES string of the molecule is C[C@@H]1CCCN1CCc1cc2cc(N)ccc2o1. The molecule has 0 saturated carbocycles. The Bertz CT molecular complexity index is 546. The molecule has 3 nitrogen and oxygen atoms in total. The topological polar surface area (TPSA) is 42.4 Å². The van der Waals surface area contributed by atoms with E-state index in [0.29, 0.717) is 0 Å². The molecule has 1 atom stereocenters. The maximum Gasteiger partial charge on any atom is 0.134 e. The molecule has 18 heavy (non-hydrogen) atoms. The van der Waals surface area contributed by atoms with Crippen molar-refractivity contribution in [2.24, 2.45) is 0 Å². The molecule has 1 aromatic carbocycles. The van der Waals surface area contributed by atoms with E-state index in [1.165, 1.54) is 19.4 Å². The molecule has 0 radical (unpaired) electrons. The monoisotopic (exact) mass is 244 g/mol. The Morgan fingerprint density at radius 2 is 2.28 bits per heavy atom. The number of anilines is 1. The number of benzene rings is 1. The summed E-state index contributed by atoms with van der Waals surface area (Å²) in [5.74, 6) is 1.06. The normalized spacial score (nSPS) is 20.8. The van der Waals surface area contributed by atoms with Crippen molar-refractivity contribution in [3.8, 4) is 0 Å². The average Bonchev–Trinajstić information content (AvgIpc) is 2.92. The van der Waals surface area contributed by atoms with E-state index < -0.39 is 0 Å². The van der Waals surface area contributed by atoms with Crippen LogP contribution in [0.3, 0.4) is 0 Å². The van der Waals surface area contributed by atoms with Crippen LogP contribution in [0, 0.1) is 0 Å². The number of fused-ring (bicyclic) bond motifs is 1. The fourth-order valence-corrected chi connectivity index (χ4v) is 2.82. The molecule has 1 aliphatic heterocycles. The molecule has 3 heteroatoms. The highest BCUT2D eigenvalue weighted by Crippen LogP contribution is 2.23. The Morgan fingerprint density at radius 3 is 3.06 bits per heavy atom. The molecule has 1 saturated heterocycles. The van der Waals surface area contributed by atoms with Crippen molar-refractivity contribution in [3.63, 3.8) is 0 Å². The number of nitrogen functional groups attached to an aromatic ring is 1. The standard InChI is InChI=1S/C15H20N2O/c1-11-3-2-7-17(11)8-6-14-10-12-9-13(16)4-5-15(12)18-14/h4-5,9-11H,2-3,6-8,16H2,1H3/t11-/m1/s1. The smallest absolute Gasteiger partial charge is 0.134 e. The number of likely N-dealkylation sites (tertiary alicyclic amines) is 1. The Kier molecular flexibility index (Phi) is 3.00. The third-order valence-electron chi connectivity index (χ3n) is 3.93. The van der Waals surface area contributed by atoms with Crippen LogP contribution < -0.4 is 5.73 Å². The summed E-state index contributed by atoms with van der Waals surface area (Å²) in [6, 6.07) is 8.66. The fraction of sp³-hybridized carbons (Fsp3) is 0.467. The van der Waals surface area contributed by atoms with Crippen LogP contribution in [0.1, 0.15) is 25.5 Å². The summed E-state index contributed by atoms with van der Waals surface area (Å²) >= 11 is 0. The van der Waals surface area contributed by atoms with Crippen LogP contribution in [0.4, 0.5) is 5.69 Å². The highest BCUT2D eigenvalue weighted by Gasteiger charge is 2.19. The third kappa shape index (κ3) is 2.23. The minimum absolute atomic E-state index is 0.727. The number of nitrogens with zero attached hydrogens (tertiary/aromatic N) is 1. The van der Waals surface area contributed by atoms with Gasteiger partial charge in [-0.1, -0.05) is 0 Å². The Labute approximate surface area is 108 Å². The first-order chi connectivity index (χ1) is 8.72. The summed E-state index contributed by atoms with van der Waals surface area (Å²) in [6.45, 7) is 4.64. The van der Waals surface area contributed by atoms with E-state index in [4.69, 9.17) is 10.2 Å². The second-order valence-electron chi connectivity index (χ2n) is 5.29. The average molecular weight is 244 g/mol. The van der Waals surface area contributed by atoms with Crippen LogP contribution in [0.25, 0.3) is 11.0 Å². The van der Waals surface area contributed by atoms with Crippen molar-refractivity contribution in [2.45, 2.75) is 32.2 Å². The van der Waals surface area contributed by atoms with Crippen molar-refractivity contribution >= 4 is 16.7 Å². The van der Waals surface area contributed by atoms with E-state index in [1.807, 2.05) is 18.2 Å². The van der Waals surface area contributed by atoms with E-state index in [0.717, 1.165) is 41.4 Å². The van der Waals surface area contributed by atoms with Gasteiger partial charge in [-0.05, 0) is 50.6 Å². The van der Waals surface area contributed by atoms with Gasteiger partial charge in [0.1, 0.15) is 11.3 Å². The largest absolute Gasteiger partial charge is 0.461 e. The zero-order valence-corrected chi connectivity index (χ0v) is 10.9. The minimum atomic E-state index is 0.727. The molecule has 1 fully saturated rings. The van der Waals surface area contributed by atoms with E-state index in [2.05, 4.69) is 17.9 Å². The van der Waals surface area contributed by atoms with Crippen molar-refractivity contribution in [1.82, 2.24) is 4.90 Å². The summed E-state index contributed by atoms with van der Waals surface area (Å²) in [6.07, 6.45) is 3.65. The van der Waals surface area contributed by atoms with Crippen LogP contribution >= 0.6 is 0 Å². The Morgan fingerprint density at radius 1 is 1.39 bits per heavy atom. The molecular weight excluding hydrogens is 224 g/mol. The molecule has 0 bridgehead atoms. The lowest BCUT2D eigenvalue weighted by atomic mass is 10.2. The molecule has 0 amide bonds. The molecule has 0 spiro atoms. The summed E-state index contributed by atoms with van der Waals surface area (Å²) in [5.41, 5.74) is 7.51. The lowest BCUT2D eigenvalue weighted by Gasteiger charge is -2.19. The van der Waals surface area contributed by atoms with Crippen LogP contribution in [-0.2, 0) is 6.42 Å². The van der Waals surface area contributed by atoms with Gasteiger partial charge in [0.2, 0.25) is 0 Å². The van der Waals surface area contributed by atoms with Crippen LogP contribution in [0.15, 0.2) is 28.7 Å². The molecule has 2 heterocycles. The molecule has 2 N–H and O–H groups in total. The van der Waals surface area contributed by atoms with Crippen molar-refractivity contribution in [3.05, 3.63) is 30.0 Å². The van der Waals surface area contributed by atoms with Gasteiger partial charge in [0, 0.05) is 30.1 Å². The van der Waals surface area contributed by atoms with E-state index in [9.17, 15) is 0 Å². The van der Waals surface area contributed by atoms with Gasteiger partial charge in [0.25, 0.3) is 0 Å². The zero-order chi connectivity index (χ0) is 12.5. The first-order valence-corrected chi connectivity index (χ1v) is 6.74. The first-order valence-electron chi connectivity index (χ1n) is 6.74. The zero-order valence-electron chi connectivity index (χ0n) is 10.9. The molecule has 1 aromatic heterocycles. The van der Waals surface area contributed by atoms with Gasteiger partial charge >= 0.3 is 0 Å². The van der Waals surface area contributed by atoms with E-state index in [1.54, 1.807) is 0 Å². The predicted molar refractivity (Wildman–Crippen MR) is 74.6 cm³/mol. The van der Waals surface area contributed by atoms with Crippen molar-refractivity contribution in [2.75, 3.05) is 18.8 Å². The number of hydrogen-bond acceptors (Lipinski definition) is 3. The summed E-state index contributed by atoms with van der Waals surface area (Å²) in [4.78, 5) is 2.54. The van der Waals surface area contributed by atoms with Gasteiger partial charge in [0.05, 0.1) is 0 Å². The van der Waals surface area contributed by atoms with Crippen LogP contribution in [0.2, 0.25) is 0 Å². The number of rotatable bonds is 3. The van der Waals surface area contributed by atoms with Gasteiger partial charge in [-0.25, -0.2) is 0 Å². The maximum absolute atomic E-state index is 5.84. The van der Waals surface area contributed by atoms with Crippen LogP contribution in [0.5, 0.6) is 0 Å². The number of hydrogen-bond donors (Lipinski definition) is 1. The highest BCUT2D eigenvalue weighted by atomic mass is 16.3. The highest BCUT2D eigenvalue weighted by molar-refractivity contribution is 5.81. The number of nitrogens with two attached hydrogens (primary N) is 1. The second-order valence-corrected chi connectivity index (χ2v) is 5.29. The van der Waals surface area contributed by atoms with E-state index >= 15 is 0 Å². The summed E-state index contributed by atoms with van der Waals surface area (Å²) in [5, 5.41) is 1.11. The summed E-state index contributed by atoms with van der Waals surface area (Å²) < 4.78 is 5.84. The Hall–Kier alpha value is -1.48. The van der Waals surface area contributed by atoms with Gasteiger partial charge in [-0.2, -0.15) is 0 Å². The molecule has 0 aliphatic carbocycles. The molecule has 0 unspecified atom stereocenters. The lowest BCUT2D eigenvalue weighted by Crippen LogP contribution is -2.28. The van der Waals surface area contributed by atoms with Gasteiger partial charge < -0.3 is 15.1 Å². The Balaban J connectivity index is 1.71. The first kappa shape index (κ1) is 11.6. The molecule has 1 aliphatic rings. The van der Waals surface area contributed by atoms with E-state index in [-0.39, 0.29) is 0 Å². The van der Waals surface area contributed by atoms with Crippen molar-refractivity contribution < 1.29 is 4.42 Å². The van der Waals surface area contributed by atoms with Crippen LogP contribution in [-0.4, -0.2) is 24.0 Å². The minimum Gasteiger partial charge on any atom is -0.461 e. The predicted octanol–water partition coefficient (Wildman–Crippen LogP) is 3.04. The number of furan rings is 1. The molecule has 96 valence electrons. The molecule has 2 aromatic rings. The maximum atomic E-state index is 5.84. The van der Waals surface area contributed by atoms with Crippen molar-refractivity contribution in [1.29, 1.82) is 0 Å². The van der Waals surface area contributed by atoms with Gasteiger partial charge in [-0.3, -0.25) is 0 Å².